The van der Waals surface area contributed by atoms with Gasteiger partial charge in [-0.05, 0) is 79.3 Å². The molecule has 0 fully saturated rings. The van der Waals surface area contributed by atoms with Crippen molar-refractivity contribution in [3.05, 3.63) is 136 Å². The molecule has 208 valence electrons. The summed E-state index contributed by atoms with van der Waals surface area (Å²) in [6, 6.07) is 32.6. The standard InChI is InChI=1S/C35H36N4O2/c1-4-26-15-19-29(20-16-26)36-35(41)38(24-23-28-11-7-6-8-12-28)25(3)33-37-32-14-10-9-13-31(32)34(40)39(33)30-21-17-27(5-2)18-22-30/h6-22,25H,4-5,23-24H2,1-3H3,(H,36,41). The molecule has 1 heterocycles. The van der Waals surface area contributed by atoms with Crippen LogP contribution in [0.4, 0.5) is 10.5 Å². The van der Waals surface area contributed by atoms with Gasteiger partial charge in [-0.3, -0.25) is 9.36 Å². The largest absolute Gasteiger partial charge is 0.322 e. The predicted octanol–water partition coefficient (Wildman–Crippen LogP) is 7.35. The second kappa shape index (κ2) is 12.6. The molecule has 1 unspecified atom stereocenters. The third kappa shape index (κ3) is 6.22. The highest BCUT2D eigenvalue weighted by Gasteiger charge is 2.27. The lowest BCUT2D eigenvalue weighted by Crippen LogP contribution is -2.41. The summed E-state index contributed by atoms with van der Waals surface area (Å²) in [5.74, 6) is 0.516. The minimum absolute atomic E-state index is 0.153. The Hall–Kier alpha value is -4.71. The number of hydrogen-bond donors (Lipinski definition) is 1. The van der Waals surface area contributed by atoms with Crippen molar-refractivity contribution in [1.82, 2.24) is 14.5 Å². The van der Waals surface area contributed by atoms with Crippen LogP contribution in [0.2, 0.25) is 0 Å². The van der Waals surface area contributed by atoms with Crippen LogP contribution >= 0.6 is 0 Å². The van der Waals surface area contributed by atoms with Gasteiger partial charge in [0.15, 0.2) is 0 Å². The Morgan fingerprint density at radius 3 is 2.07 bits per heavy atom. The van der Waals surface area contributed by atoms with Crippen LogP contribution in [0.5, 0.6) is 0 Å². The van der Waals surface area contributed by atoms with E-state index in [1.165, 1.54) is 11.1 Å². The number of nitrogens with zero attached hydrogens (tertiary/aromatic N) is 3. The molecule has 41 heavy (non-hydrogen) atoms. The van der Waals surface area contributed by atoms with E-state index < -0.39 is 6.04 Å². The predicted molar refractivity (Wildman–Crippen MR) is 167 cm³/mol. The summed E-state index contributed by atoms with van der Waals surface area (Å²) < 4.78 is 1.66. The van der Waals surface area contributed by atoms with Gasteiger partial charge in [0, 0.05) is 12.2 Å². The summed E-state index contributed by atoms with van der Waals surface area (Å²) in [5, 5.41) is 3.62. The SMILES string of the molecule is CCc1ccc(NC(=O)N(CCc2ccccc2)C(C)c2nc3ccccc3c(=O)n2-c2ccc(CC)cc2)cc1. The van der Waals surface area contributed by atoms with E-state index in [2.05, 4.69) is 31.3 Å². The van der Waals surface area contributed by atoms with Gasteiger partial charge in [0.1, 0.15) is 5.82 Å². The van der Waals surface area contributed by atoms with E-state index in [1.54, 1.807) is 15.5 Å². The van der Waals surface area contributed by atoms with Gasteiger partial charge in [-0.2, -0.15) is 0 Å². The van der Waals surface area contributed by atoms with Crippen LogP contribution in [0.1, 0.15) is 49.3 Å². The highest BCUT2D eigenvalue weighted by Crippen LogP contribution is 2.25. The molecule has 4 aromatic carbocycles. The van der Waals surface area contributed by atoms with Crippen LogP contribution < -0.4 is 10.9 Å². The van der Waals surface area contributed by atoms with E-state index in [9.17, 15) is 9.59 Å². The van der Waals surface area contributed by atoms with Gasteiger partial charge in [0.25, 0.3) is 5.56 Å². The Morgan fingerprint density at radius 2 is 1.41 bits per heavy atom. The number of carbonyl (C=O) groups excluding carboxylic acids is 1. The smallest absolute Gasteiger partial charge is 0.314 e. The first-order valence-corrected chi connectivity index (χ1v) is 14.3. The second-order valence-electron chi connectivity index (χ2n) is 10.2. The number of para-hydroxylation sites is 1. The number of hydrogen-bond acceptors (Lipinski definition) is 3. The second-order valence-corrected chi connectivity index (χ2v) is 10.2. The molecule has 6 heteroatoms. The number of fused-ring (bicyclic) bond motifs is 1. The van der Waals surface area contributed by atoms with Crippen molar-refractivity contribution in [2.75, 3.05) is 11.9 Å². The maximum atomic E-state index is 13.9. The van der Waals surface area contributed by atoms with Crippen LogP contribution in [-0.2, 0) is 19.3 Å². The fraction of sp³-hybridized carbons (Fsp3) is 0.229. The van der Waals surface area contributed by atoms with Gasteiger partial charge in [-0.15, -0.1) is 0 Å². The summed E-state index contributed by atoms with van der Waals surface area (Å²) in [6.45, 7) is 6.59. The molecule has 1 aromatic heterocycles. The zero-order chi connectivity index (χ0) is 28.8. The molecule has 5 rings (SSSR count). The molecule has 6 nitrogen and oxygen atoms in total. The number of urea groups is 1. The third-order valence-electron chi connectivity index (χ3n) is 7.60. The molecule has 0 aliphatic carbocycles. The molecule has 0 aliphatic rings. The van der Waals surface area contributed by atoms with Crippen molar-refractivity contribution < 1.29 is 4.79 Å². The van der Waals surface area contributed by atoms with E-state index in [0.717, 1.165) is 29.8 Å². The summed E-state index contributed by atoms with van der Waals surface area (Å²) in [6.07, 6.45) is 2.50. The molecular weight excluding hydrogens is 508 g/mol. The van der Waals surface area contributed by atoms with E-state index in [1.807, 2.05) is 91.9 Å². The molecule has 5 aromatic rings. The molecule has 0 saturated heterocycles. The van der Waals surface area contributed by atoms with Crippen molar-refractivity contribution in [3.8, 4) is 5.69 Å². The van der Waals surface area contributed by atoms with Crippen LogP contribution in [0.15, 0.2) is 108 Å². The van der Waals surface area contributed by atoms with Crippen molar-refractivity contribution in [2.24, 2.45) is 0 Å². The number of amides is 2. The first kappa shape index (κ1) is 27.8. The van der Waals surface area contributed by atoms with Crippen molar-refractivity contribution >= 4 is 22.6 Å². The first-order valence-electron chi connectivity index (χ1n) is 14.3. The summed E-state index contributed by atoms with van der Waals surface area (Å²) >= 11 is 0. The Balaban J connectivity index is 1.58. The van der Waals surface area contributed by atoms with Crippen molar-refractivity contribution in [3.63, 3.8) is 0 Å². The lowest BCUT2D eigenvalue weighted by Gasteiger charge is -2.31. The summed E-state index contributed by atoms with van der Waals surface area (Å²) in [7, 11) is 0. The lowest BCUT2D eigenvalue weighted by atomic mass is 10.1. The van der Waals surface area contributed by atoms with Gasteiger partial charge >= 0.3 is 6.03 Å². The fourth-order valence-corrected chi connectivity index (χ4v) is 5.08. The molecule has 1 N–H and O–H groups in total. The topological polar surface area (TPSA) is 67.2 Å². The maximum Gasteiger partial charge on any atom is 0.322 e. The normalized spacial score (nSPS) is 11.8. The number of nitrogens with one attached hydrogen (secondary N) is 1. The number of benzene rings is 4. The average Bonchev–Trinajstić information content (AvgIpc) is 3.02. The quantitative estimate of drug-likeness (QED) is 0.211. The lowest BCUT2D eigenvalue weighted by molar-refractivity contribution is 0.190. The van der Waals surface area contributed by atoms with Crippen molar-refractivity contribution in [1.29, 1.82) is 0 Å². The Kier molecular flexibility index (Phi) is 8.59. The van der Waals surface area contributed by atoms with E-state index >= 15 is 0 Å². The van der Waals surface area contributed by atoms with Gasteiger partial charge in [-0.1, -0.05) is 80.6 Å². The van der Waals surface area contributed by atoms with Crippen molar-refractivity contribution in [2.45, 2.75) is 46.1 Å². The molecular formula is C35H36N4O2. The maximum absolute atomic E-state index is 13.9. The first-order chi connectivity index (χ1) is 20.0. The molecule has 0 aliphatic heterocycles. The molecule has 2 amide bonds. The zero-order valence-electron chi connectivity index (χ0n) is 23.9. The van der Waals surface area contributed by atoms with E-state index in [4.69, 9.17) is 4.98 Å². The zero-order valence-corrected chi connectivity index (χ0v) is 23.9. The highest BCUT2D eigenvalue weighted by molar-refractivity contribution is 5.89. The number of aromatic nitrogens is 2. The average molecular weight is 545 g/mol. The monoisotopic (exact) mass is 544 g/mol. The number of carbonyl (C=O) groups is 1. The van der Waals surface area contributed by atoms with Gasteiger partial charge < -0.3 is 10.2 Å². The van der Waals surface area contributed by atoms with E-state index in [-0.39, 0.29) is 11.6 Å². The minimum atomic E-state index is -0.503. The molecule has 0 radical (unpaired) electrons. The summed E-state index contributed by atoms with van der Waals surface area (Å²) in [5.41, 5.74) is 5.43. The van der Waals surface area contributed by atoms with Crippen LogP contribution in [0.25, 0.3) is 16.6 Å². The molecule has 1 atom stereocenters. The summed E-state index contributed by atoms with van der Waals surface area (Å²) in [4.78, 5) is 34.6. The number of rotatable bonds is 9. The number of aryl methyl sites for hydroxylation is 2. The van der Waals surface area contributed by atoms with Gasteiger partial charge in [0.2, 0.25) is 0 Å². The number of anilines is 1. The molecule has 0 spiro atoms. The van der Waals surface area contributed by atoms with Gasteiger partial charge in [-0.25, -0.2) is 9.78 Å². The third-order valence-corrected chi connectivity index (χ3v) is 7.60. The minimum Gasteiger partial charge on any atom is -0.314 e. The molecule has 0 bridgehead atoms. The van der Waals surface area contributed by atoms with Crippen LogP contribution in [0, 0.1) is 0 Å². The highest BCUT2D eigenvalue weighted by atomic mass is 16.2. The molecule has 0 saturated carbocycles. The Morgan fingerprint density at radius 1 is 0.805 bits per heavy atom. The Labute approximate surface area is 241 Å². The fourth-order valence-electron chi connectivity index (χ4n) is 5.08. The Bertz CT molecular complexity index is 1680. The van der Waals surface area contributed by atoms with Crippen LogP contribution in [0.3, 0.4) is 0 Å². The van der Waals surface area contributed by atoms with E-state index in [0.29, 0.717) is 29.7 Å². The van der Waals surface area contributed by atoms with Gasteiger partial charge in [0.05, 0.1) is 22.6 Å². The van der Waals surface area contributed by atoms with Crippen LogP contribution in [-0.4, -0.2) is 27.0 Å².